The molecule has 0 aliphatic rings. The molecule has 0 aliphatic heterocycles. The highest BCUT2D eigenvalue weighted by molar-refractivity contribution is 5.93. The summed E-state index contributed by atoms with van der Waals surface area (Å²) < 4.78 is 15.8. The molecule has 0 radical (unpaired) electrons. The topological polar surface area (TPSA) is 90.2 Å². The van der Waals surface area contributed by atoms with Gasteiger partial charge in [0, 0.05) is 11.6 Å². The van der Waals surface area contributed by atoms with E-state index in [1.807, 2.05) is 24.3 Å². The molecule has 7 nitrogen and oxygen atoms in total. The lowest BCUT2D eigenvalue weighted by Crippen LogP contribution is -1.98. The van der Waals surface area contributed by atoms with E-state index in [1.54, 1.807) is 19.2 Å². The quantitative estimate of drug-likeness (QED) is 0.623. The van der Waals surface area contributed by atoms with E-state index in [-0.39, 0.29) is 0 Å². The van der Waals surface area contributed by atoms with Crippen molar-refractivity contribution in [3.05, 3.63) is 46.9 Å². The van der Waals surface area contributed by atoms with E-state index in [2.05, 4.69) is 15.0 Å². The fourth-order valence-electron chi connectivity index (χ4n) is 2.63. The van der Waals surface area contributed by atoms with Crippen LogP contribution in [0.3, 0.4) is 0 Å². The van der Waals surface area contributed by atoms with Crippen LogP contribution in [0.2, 0.25) is 0 Å². The molecule has 0 saturated heterocycles. The van der Waals surface area contributed by atoms with Crippen LogP contribution in [0.5, 0.6) is 11.6 Å². The normalized spacial score (nSPS) is 11.1. The van der Waals surface area contributed by atoms with E-state index in [0.717, 1.165) is 11.0 Å². The summed E-state index contributed by atoms with van der Waals surface area (Å²) in [6, 6.07) is 10.9. The molecule has 0 bridgehead atoms. The second-order valence-corrected chi connectivity index (χ2v) is 5.13. The number of benzene rings is 2. The van der Waals surface area contributed by atoms with Crippen LogP contribution in [-0.4, -0.2) is 29.2 Å². The predicted molar refractivity (Wildman–Crippen MR) is 88.5 cm³/mol. The third kappa shape index (κ3) is 2.18. The lowest BCUT2D eigenvalue weighted by Gasteiger charge is -2.10. The highest BCUT2D eigenvalue weighted by Gasteiger charge is 2.18. The van der Waals surface area contributed by atoms with Gasteiger partial charge >= 0.3 is 5.76 Å². The van der Waals surface area contributed by atoms with Crippen molar-refractivity contribution < 1.29 is 13.9 Å². The van der Waals surface area contributed by atoms with Crippen LogP contribution in [0.4, 0.5) is 0 Å². The fourth-order valence-corrected chi connectivity index (χ4v) is 2.63. The van der Waals surface area contributed by atoms with E-state index in [9.17, 15) is 4.79 Å². The first-order valence-electron chi connectivity index (χ1n) is 7.21. The molecule has 1 N–H and O–H groups in total. The minimum absolute atomic E-state index is 0.352. The number of fused-ring (bicyclic) bond motifs is 2. The van der Waals surface area contributed by atoms with Crippen LogP contribution >= 0.6 is 0 Å². The molecular formula is C17H13N3O4. The van der Waals surface area contributed by atoms with Gasteiger partial charge in [-0.2, -0.15) is 0 Å². The summed E-state index contributed by atoms with van der Waals surface area (Å²) in [6.07, 6.45) is 0. The van der Waals surface area contributed by atoms with Crippen LogP contribution in [0.1, 0.15) is 0 Å². The van der Waals surface area contributed by atoms with Crippen molar-refractivity contribution in [3.8, 4) is 22.9 Å². The summed E-state index contributed by atoms with van der Waals surface area (Å²) in [5, 5.41) is 0. The largest absolute Gasteiger partial charge is 0.497 e. The number of nitrogens with one attached hydrogen (secondary N) is 1. The number of aromatic amines is 1. The smallest absolute Gasteiger partial charge is 0.417 e. The summed E-state index contributed by atoms with van der Waals surface area (Å²) in [4.78, 5) is 23.4. The number of hydrogen-bond donors (Lipinski definition) is 1. The van der Waals surface area contributed by atoms with Crippen LogP contribution in [-0.2, 0) is 0 Å². The Kier molecular flexibility index (Phi) is 3.19. The Labute approximate surface area is 135 Å². The van der Waals surface area contributed by atoms with Gasteiger partial charge < -0.3 is 13.9 Å². The average Bonchev–Trinajstić information content (AvgIpc) is 2.99. The molecule has 0 unspecified atom stereocenters. The number of methoxy groups -OCH3 is 2. The van der Waals surface area contributed by atoms with Crippen LogP contribution in [0.15, 0.2) is 45.6 Å². The molecule has 0 spiro atoms. The molecule has 2 aromatic heterocycles. The van der Waals surface area contributed by atoms with Gasteiger partial charge in [-0.1, -0.05) is 12.1 Å². The molecule has 0 saturated carbocycles. The third-order valence-corrected chi connectivity index (χ3v) is 3.73. The third-order valence-electron chi connectivity index (χ3n) is 3.73. The van der Waals surface area contributed by atoms with Gasteiger partial charge in [0.25, 0.3) is 0 Å². The number of oxazole rings is 1. The van der Waals surface area contributed by atoms with Gasteiger partial charge in [0.05, 0.1) is 30.8 Å². The molecule has 2 heterocycles. The van der Waals surface area contributed by atoms with Crippen molar-refractivity contribution in [1.29, 1.82) is 0 Å². The Balaban J connectivity index is 2.09. The predicted octanol–water partition coefficient (Wildman–Crippen LogP) is 2.75. The second kappa shape index (κ2) is 5.38. The Morgan fingerprint density at radius 2 is 1.79 bits per heavy atom. The zero-order valence-electron chi connectivity index (χ0n) is 13.0. The van der Waals surface area contributed by atoms with E-state index in [1.165, 1.54) is 7.11 Å². The van der Waals surface area contributed by atoms with Gasteiger partial charge in [0.2, 0.25) is 5.88 Å². The average molecular weight is 323 g/mol. The summed E-state index contributed by atoms with van der Waals surface area (Å²) in [7, 11) is 3.07. The molecule has 0 fully saturated rings. The number of para-hydroxylation sites is 2. The van der Waals surface area contributed by atoms with E-state index in [4.69, 9.17) is 13.9 Å². The fraction of sp³-hybridized carbons (Fsp3) is 0.118. The van der Waals surface area contributed by atoms with Gasteiger partial charge in [-0.25, -0.2) is 14.8 Å². The van der Waals surface area contributed by atoms with E-state index < -0.39 is 5.76 Å². The Morgan fingerprint density at radius 3 is 2.50 bits per heavy atom. The zero-order valence-corrected chi connectivity index (χ0v) is 13.0. The molecule has 0 atom stereocenters. The standard InChI is InChI=1S/C17H13N3O4/c1-22-9-7-10(14-13(8-9)24-17(21)20-14)15-16(23-2)19-12-6-4-3-5-11(12)18-15/h3-8H,1-2H3,(H,20,21). The van der Waals surface area contributed by atoms with Crippen molar-refractivity contribution in [2.24, 2.45) is 0 Å². The number of aromatic nitrogens is 3. The second-order valence-electron chi connectivity index (χ2n) is 5.13. The van der Waals surface area contributed by atoms with Crippen LogP contribution < -0.4 is 15.2 Å². The lowest BCUT2D eigenvalue weighted by molar-refractivity contribution is 0.399. The first kappa shape index (κ1) is 14.3. The molecule has 120 valence electrons. The number of nitrogens with zero attached hydrogens (tertiary/aromatic N) is 2. The lowest BCUT2D eigenvalue weighted by atomic mass is 10.1. The van der Waals surface area contributed by atoms with Gasteiger partial charge in [0.15, 0.2) is 5.58 Å². The van der Waals surface area contributed by atoms with Crippen molar-refractivity contribution in [2.75, 3.05) is 14.2 Å². The molecule has 0 aliphatic carbocycles. The SMILES string of the molecule is COc1cc(-c2nc3ccccc3nc2OC)c2[nH]c(=O)oc2c1. The minimum Gasteiger partial charge on any atom is -0.497 e. The van der Waals surface area contributed by atoms with Crippen LogP contribution in [0, 0.1) is 0 Å². The van der Waals surface area contributed by atoms with Gasteiger partial charge in [-0.3, -0.25) is 4.98 Å². The number of rotatable bonds is 3. The highest BCUT2D eigenvalue weighted by Crippen LogP contribution is 2.35. The molecule has 24 heavy (non-hydrogen) atoms. The summed E-state index contributed by atoms with van der Waals surface area (Å²) in [6.45, 7) is 0. The summed E-state index contributed by atoms with van der Waals surface area (Å²) in [5.74, 6) is 0.342. The zero-order chi connectivity index (χ0) is 16.7. The van der Waals surface area contributed by atoms with E-state index in [0.29, 0.717) is 34.0 Å². The summed E-state index contributed by atoms with van der Waals surface area (Å²) >= 11 is 0. The Morgan fingerprint density at radius 1 is 1.04 bits per heavy atom. The first-order valence-corrected chi connectivity index (χ1v) is 7.21. The van der Waals surface area contributed by atoms with Crippen molar-refractivity contribution in [3.63, 3.8) is 0 Å². The molecule has 4 aromatic rings. The highest BCUT2D eigenvalue weighted by atomic mass is 16.5. The maximum Gasteiger partial charge on any atom is 0.417 e. The van der Waals surface area contributed by atoms with E-state index >= 15 is 0 Å². The van der Waals surface area contributed by atoms with Crippen molar-refractivity contribution >= 4 is 22.1 Å². The number of hydrogen-bond acceptors (Lipinski definition) is 6. The summed E-state index contributed by atoms with van der Waals surface area (Å²) in [5.41, 5.74) is 3.45. The molecule has 2 aromatic carbocycles. The molecule has 0 amide bonds. The minimum atomic E-state index is -0.549. The maximum absolute atomic E-state index is 11.6. The molecule has 7 heteroatoms. The van der Waals surface area contributed by atoms with Crippen LogP contribution in [0.25, 0.3) is 33.4 Å². The van der Waals surface area contributed by atoms with Gasteiger partial charge in [0.1, 0.15) is 11.4 Å². The van der Waals surface area contributed by atoms with Gasteiger partial charge in [-0.05, 0) is 18.2 Å². The van der Waals surface area contributed by atoms with Crippen molar-refractivity contribution in [2.45, 2.75) is 0 Å². The Hall–Kier alpha value is -3.35. The monoisotopic (exact) mass is 323 g/mol. The van der Waals surface area contributed by atoms with Crippen molar-refractivity contribution in [1.82, 2.24) is 15.0 Å². The number of ether oxygens (including phenoxy) is 2. The molecular weight excluding hydrogens is 310 g/mol. The molecule has 4 rings (SSSR count). The van der Waals surface area contributed by atoms with Gasteiger partial charge in [-0.15, -0.1) is 0 Å². The number of H-pyrrole nitrogens is 1. The first-order chi connectivity index (χ1) is 11.7. The maximum atomic E-state index is 11.6. The Bertz CT molecular complexity index is 1110.